The molecule has 166 valence electrons. The Bertz CT molecular complexity index is 1120. The van der Waals surface area contributed by atoms with Crippen LogP contribution < -0.4 is 10.6 Å². The molecule has 0 spiro atoms. The second-order valence-corrected chi connectivity index (χ2v) is 8.00. The van der Waals surface area contributed by atoms with Crippen LogP contribution in [-0.4, -0.2) is 33.8 Å². The van der Waals surface area contributed by atoms with Gasteiger partial charge in [-0.2, -0.15) is 0 Å². The molecule has 0 bridgehead atoms. The van der Waals surface area contributed by atoms with Gasteiger partial charge in [0.05, 0.1) is 11.4 Å². The number of nitrogens with zero attached hydrogens (tertiary/aromatic N) is 3. The first-order valence-corrected chi connectivity index (χ1v) is 10.2. The molecule has 4 rings (SSSR count). The van der Waals surface area contributed by atoms with Crippen molar-refractivity contribution in [3.8, 4) is 11.3 Å². The van der Waals surface area contributed by atoms with E-state index in [1.165, 1.54) is 31.3 Å². The number of carbonyl (C=O) groups is 1. The minimum atomic E-state index is -1.00. The zero-order chi connectivity index (χ0) is 22.7. The van der Waals surface area contributed by atoms with E-state index in [9.17, 15) is 18.0 Å². The third-order valence-electron chi connectivity index (χ3n) is 5.61. The summed E-state index contributed by atoms with van der Waals surface area (Å²) in [6, 6.07) is 10.6. The lowest BCUT2D eigenvalue weighted by Crippen LogP contribution is -2.49. The number of alkyl halides is 1. The predicted molar refractivity (Wildman–Crippen MR) is 113 cm³/mol. The highest BCUT2D eigenvalue weighted by atomic mass is 19.1. The molecule has 6 nitrogen and oxygen atoms in total. The van der Waals surface area contributed by atoms with Crippen LogP contribution in [0.5, 0.6) is 0 Å². The fourth-order valence-electron chi connectivity index (χ4n) is 3.92. The van der Waals surface area contributed by atoms with Crippen LogP contribution in [0.2, 0.25) is 0 Å². The summed E-state index contributed by atoms with van der Waals surface area (Å²) in [5.41, 5.74) is 0.804. The van der Waals surface area contributed by atoms with Gasteiger partial charge in [0.2, 0.25) is 5.91 Å². The molecule has 9 heteroatoms. The van der Waals surface area contributed by atoms with Gasteiger partial charge in [-0.3, -0.25) is 9.78 Å². The second-order valence-electron chi connectivity index (χ2n) is 8.00. The van der Waals surface area contributed by atoms with Crippen molar-refractivity contribution in [3.63, 3.8) is 0 Å². The lowest BCUT2D eigenvalue weighted by Gasteiger charge is -2.44. The van der Waals surface area contributed by atoms with Gasteiger partial charge in [-0.15, -0.1) is 10.2 Å². The highest BCUT2D eigenvalue weighted by molar-refractivity contribution is 5.73. The van der Waals surface area contributed by atoms with Gasteiger partial charge in [-0.05, 0) is 54.8 Å². The number of hydrogen-bond donors (Lipinski definition) is 2. The van der Waals surface area contributed by atoms with Crippen LogP contribution in [0.4, 0.5) is 19.0 Å². The van der Waals surface area contributed by atoms with Crippen LogP contribution in [0, 0.1) is 11.6 Å². The lowest BCUT2D eigenvalue weighted by molar-refractivity contribution is -0.119. The van der Waals surface area contributed by atoms with Crippen LogP contribution in [0.1, 0.15) is 31.0 Å². The van der Waals surface area contributed by atoms with Gasteiger partial charge in [0.25, 0.3) is 0 Å². The number of rotatable bonds is 7. The molecule has 3 aromatic rings. The molecule has 2 aromatic heterocycles. The Morgan fingerprint density at radius 2 is 1.94 bits per heavy atom. The van der Waals surface area contributed by atoms with Crippen molar-refractivity contribution < 1.29 is 18.0 Å². The first-order chi connectivity index (χ1) is 15.4. The van der Waals surface area contributed by atoms with Crippen molar-refractivity contribution in [1.82, 2.24) is 20.5 Å². The van der Waals surface area contributed by atoms with Crippen molar-refractivity contribution in [3.05, 3.63) is 71.6 Å². The molecular formula is C23H22F3N5O. The van der Waals surface area contributed by atoms with E-state index in [1.54, 1.807) is 24.3 Å². The van der Waals surface area contributed by atoms with Crippen LogP contribution in [0.15, 0.2) is 48.7 Å². The normalized spacial score (nSPS) is 19.8. The third kappa shape index (κ3) is 4.56. The minimum Gasteiger partial charge on any atom is -0.368 e. The van der Waals surface area contributed by atoms with Gasteiger partial charge in [-0.25, -0.2) is 13.2 Å². The summed E-state index contributed by atoms with van der Waals surface area (Å²) >= 11 is 0. The summed E-state index contributed by atoms with van der Waals surface area (Å²) in [6.45, 7) is 1.93. The fraction of sp³-hybridized carbons (Fsp3) is 0.304. The number of hydrogen-bond acceptors (Lipinski definition) is 5. The highest BCUT2D eigenvalue weighted by Gasteiger charge is 2.48. The quantitative estimate of drug-likeness (QED) is 0.581. The molecule has 0 unspecified atom stereocenters. The van der Waals surface area contributed by atoms with Gasteiger partial charge >= 0.3 is 0 Å². The molecule has 2 N–H and O–H groups in total. The van der Waals surface area contributed by atoms with Gasteiger partial charge in [0.1, 0.15) is 23.6 Å². The fourth-order valence-corrected chi connectivity index (χ4v) is 3.92. The Hall–Kier alpha value is -3.49. The number of benzene rings is 1. The SMILES string of the molecule is CC(=O)NCc1ccc(F)c(-c2ccc(NCC3(c4ncccc4F)CC(F)C3)nn2)c1. The molecule has 0 atom stereocenters. The van der Waals surface area contributed by atoms with E-state index >= 15 is 0 Å². The molecule has 1 saturated carbocycles. The maximum atomic E-state index is 14.3. The topological polar surface area (TPSA) is 79.8 Å². The largest absolute Gasteiger partial charge is 0.368 e. The summed E-state index contributed by atoms with van der Waals surface area (Å²) in [5.74, 6) is -0.696. The molecule has 32 heavy (non-hydrogen) atoms. The Balaban J connectivity index is 1.48. The molecular weight excluding hydrogens is 419 g/mol. The Morgan fingerprint density at radius 3 is 2.59 bits per heavy atom. The summed E-state index contributed by atoms with van der Waals surface area (Å²) in [7, 11) is 0. The number of halogens is 3. The Kier molecular flexibility index (Phi) is 6.07. The summed E-state index contributed by atoms with van der Waals surface area (Å²) in [5, 5.41) is 13.9. The number of carbonyl (C=O) groups excluding carboxylic acids is 1. The van der Waals surface area contributed by atoms with E-state index < -0.39 is 23.2 Å². The number of pyridine rings is 1. The maximum Gasteiger partial charge on any atom is 0.217 e. The lowest BCUT2D eigenvalue weighted by atomic mass is 9.65. The number of aromatic nitrogens is 3. The highest BCUT2D eigenvalue weighted by Crippen LogP contribution is 2.45. The first kappa shape index (κ1) is 21.7. The van der Waals surface area contributed by atoms with E-state index in [0.29, 0.717) is 11.5 Å². The summed E-state index contributed by atoms with van der Waals surface area (Å²) in [6.07, 6.45) is 0.839. The first-order valence-electron chi connectivity index (χ1n) is 10.2. The van der Waals surface area contributed by atoms with Gasteiger partial charge in [0.15, 0.2) is 0 Å². The summed E-state index contributed by atoms with van der Waals surface area (Å²) in [4.78, 5) is 15.2. The minimum absolute atomic E-state index is 0.172. The van der Waals surface area contributed by atoms with E-state index in [4.69, 9.17) is 0 Å². The number of anilines is 1. The summed E-state index contributed by atoms with van der Waals surface area (Å²) < 4.78 is 42.3. The monoisotopic (exact) mass is 441 g/mol. The third-order valence-corrected chi connectivity index (χ3v) is 5.61. The molecule has 0 aliphatic heterocycles. The number of nitrogens with one attached hydrogen (secondary N) is 2. The Morgan fingerprint density at radius 1 is 1.12 bits per heavy atom. The smallest absolute Gasteiger partial charge is 0.217 e. The molecule has 1 fully saturated rings. The van der Waals surface area contributed by atoms with Crippen molar-refractivity contribution in [2.75, 3.05) is 11.9 Å². The van der Waals surface area contributed by atoms with Crippen LogP contribution >= 0.6 is 0 Å². The van der Waals surface area contributed by atoms with Crippen molar-refractivity contribution >= 4 is 11.7 Å². The van der Waals surface area contributed by atoms with E-state index in [0.717, 1.165) is 5.56 Å². The number of amides is 1. The average Bonchev–Trinajstić information content (AvgIpc) is 2.76. The second kappa shape index (κ2) is 8.94. The van der Waals surface area contributed by atoms with E-state index in [2.05, 4.69) is 25.8 Å². The van der Waals surface area contributed by atoms with Gasteiger partial charge in [-0.1, -0.05) is 6.07 Å². The molecule has 2 heterocycles. The molecule has 1 aliphatic rings. The predicted octanol–water partition coefficient (Wildman–Crippen LogP) is 3.93. The Labute approximate surface area is 183 Å². The molecule has 1 amide bonds. The standard InChI is InChI=1S/C23H22F3N5O/c1-14(32)28-12-15-4-5-18(25)17(9-15)20-6-7-21(31-30-20)29-13-23(10-16(24)11-23)22-19(26)3-2-8-27-22/h2-9,16H,10-13H2,1H3,(H,28,32)(H,29,31). The van der Waals surface area contributed by atoms with Crippen molar-refractivity contribution in [1.29, 1.82) is 0 Å². The van der Waals surface area contributed by atoms with Gasteiger partial charge in [0, 0.05) is 37.2 Å². The van der Waals surface area contributed by atoms with Crippen LogP contribution in [-0.2, 0) is 16.8 Å². The van der Waals surface area contributed by atoms with E-state index in [1.807, 2.05) is 0 Å². The van der Waals surface area contributed by atoms with Crippen LogP contribution in [0.25, 0.3) is 11.3 Å². The molecule has 0 radical (unpaired) electrons. The van der Waals surface area contributed by atoms with Crippen LogP contribution in [0.3, 0.4) is 0 Å². The maximum absolute atomic E-state index is 14.3. The van der Waals surface area contributed by atoms with Crippen molar-refractivity contribution in [2.45, 2.75) is 37.9 Å². The molecule has 1 aromatic carbocycles. The van der Waals surface area contributed by atoms with Crippen molar-refractivity contribution in [2.24, 2.45) is 0 Å². The van der Waals surface area contributed by atoms with Gasteiger partial charge < -0.3 is 10.6 Å². The average molecular weight is 441 g/mol. The zero-order valence-electron chi connectivity index (χ0n) is 17.4. The molecule has 1 aliphatic carbocycles. The molecule has 0 saturated heterocycles. The zero-order valence-corrected chi connectivity index (χ0v) is 17.4. The van der Waals surface area contributed by atoms with E-state index in [-0.39, 0.29) is 43.1 Å².